The maximum Gasteiger partial charge on any atom is 0.294 e. The van der Waals surface area contributed by atoms with Crippen molar-refractivity contribution in [1.82, 2.24) is 0 Å². The third-order valence-corrected chi connectivity index (χ3v) is 2.84. The lowest BCUT2D eigenvalue weighted by molar-refractivity contribution is 0.482. The number of hydrogen-bond acceptors (Lipinski definition) is 2. The fourth-order valence-corrected chi connectivity index (χ4v) is 1.96. The van der Waals surface area contributed by atoms with Gasteiger partial charge in [0, 0.05) is 5.92 Å². The highest BCUT2D eigenvalue weighted by molar-refractivity contribution is 7.85. The molecule has 0 amide bonds. The van der Waals surface area contributed by atoms with Crippen LogP contribution in [0.3, 0.4) is 0 Å². The molecule has 1 aromatic rings. The van der Waals surface area contributed by atoms with Gasteiger partial charge in [-0.3, -0.25) is 4.55 Å². The SMILES string of the molecule is C#CC(C)c1ccccc1S(=O)(=O)O. The molecule has 0 heterocycles. The second-order valence-corrected chi connectivity index (χ2v) is 4.29. The van der Waals surface area contributed by atoms with E-state index in [1.54, 1.807) is 19.1 Å². The van der Waals surface area contributed by atoms with Gasteiger partial charge in [-0.2, -0.15) is 8.42 Å². The Morgan fingerprint density at radius 1 is 1.43 bits per heavy atom. The van der Waals surface area contributed by atoms with Crippen molar-refractivity contribution in [3.05, 3.63) is 29.8 Å². The lowest BCUT2D eigenvalue weighted by Gasteiger charge is -2.08. The molecular weight excluding hydrogens is 200 g/mol. The first-order valence-corrected chi connectivity index (χ1v) is 5.43. The number of hydrogen-bond donors (Lipinski definition) is 1. The molecule has 0 aromatic heterocycles. The zero-order valence-corrected chi connectivity index (χ0v) is 8.45. The molecule has 0 aliphatic heterocycles. The van der Waals surface area contributed by atoms with Crippen molar-refractivity contribution in [2.45, 2.75) is 17.7 Å². The van der Waals surface area contributed by atoms with E-state index in [1.165, 1.54) is 12.1 Å². The molecule has 0 fully saturated rings. The van der Waals surface area contributed by atoms with Crippen LogP contribution in [0.4, 0.5) is 0 Å². The number of benzene rings is 1. The van der Waals surface area contributed by atoms with Crippen LogP contribution in [-0.2, 0) is 10.1 Å². The van der Waals surface area contributed by atoms with E-state index in [1.807, 2.05) is 0 Å². The van der Waals surface area contributed by atoms with Gasteiger partial charge in [0.05, 0.1) is 4.90 Å². The molecule has 3 nitrogen and oxygen atoms in total. The highest BCUT2D eigenvalue weighted by Gasteiger charge is 2.17. The Balaban J connectivity index is 3.40. The van der Waals surface area contributed by atoms with E-state index >= 15 is 0 Å². The van der Waals surface area contributed by atoms with Crippen LogP contribution in [-0.4, -0.2) is 13.0 Å². The Morgan fingerprint density at radius 2 is 2.00 bits per heavy atom. The summed E-state index contributed by atoms with van der Waals surface area (Å²) in [5.74, 6) is 2.08. The van der Waals surface area contributed by atoms with E-state index in [-0.39, 0.29) is 10.8 Å². The van der Waals surface area contributed by atoms with Crippen LogP contribution in [0.1, 0.15) is 18.4 Å². The predicted molar refractivity (Wildman–Crippen MR) is 53.5 cm³/mol. The molecule has 0 aliphatic rings. The minimum atomic E-state index is -4.18. The lowest BCUT2D eigenvalue weighted by Crippen LogP contribution is -2.04. The van der Waals surface area contributed by atoms with Gasteiger partial charge in [0.1, 0.15) is 0 Å². The fraction of sp³-hybridized carbons (Fsp3) is 0.200. The molecule has 4 heteroatoms. The molecule has 1 atom stereocenters. The van der Waals surface area contributed by atoms with Crippen LogP contribution in [0, 0.1) is 12.3 Å². The molecule has 1 rings (SSSR count). The van der Waals surface area contributed by atoms with Crippen LogP contribution in [0.5, 0.6) is 0 Å². The first kappa shape index (κ1) is 10.8. The monoisotopic (exact) mass is 210 g/mol. The normalized spacial score (nSPS) is 13.2. The minimum Gasteiger partial charge on any atom is -0.282 e. The van der Waals surface area contributed by atoms with Crippen molar-refractivity contribution in [2.75, 3.05) is 0 Å². The first-order chi connectivity index (χ1) is 6.46. The van der Waals surface area contributed by atoms with Crippen LogP contribution >= 0.6 is 0 Å². The summed E-state index contributed by atoms with van der Waals surface area (Å²) in [6.07, 6.45) is 5.19. The smallest absolute Gasteiger partial charge is 0.282 e. The third-order valence-electron chi connectivity index (χ3n) is 1.91. The summed E-state index contributed by atoms with van der Waals surface area (Å²) in [7, 11) is -4.18. The van der Waals surface area contributed by atoms with E-state index < -0.39 is 10.1 Å². The predicted octanol–water partition coefficient (Wildman–Crippen LogP) is 1.67. The molecule has 1 aromatic carbocycles. The molecule has 0 radical (unpaired) electrons. The first-order valence-electron chi connectivity index (χ1n) is 3.99. The van der Waals surface area contributed by atoms with Crippen molar-refractivity contribution in [1.29, 1.82) is 0 Å². The molecule has 0 saturated heterocycles. The zero-order valence-electron chi connectivity index (χ0n) is 7.64. The molecule has 1 unspecified atom stereocenters. The second kappa shape index (κ2) is 3.82. The fourth-order valence-electron chi connectivity index (χ4n) is 1.16. The molecule has 14 heavy (non-hydrogen) atoms. The summed E-state index contributed by atoms with van der Waals surface area (Å²) < 4.78 is 30.8. The molecule has 0 bridgehead atoms. The van der Waals surface area contributed by atoms with Gasteiger partial charge in [0.25, 0.3) is 10.1 Å². The van der Waals surface area contributed by atoms with Crippen molar-refractivity contribution in [3.63, 3.8) is 0 Å². The number of terminal acetylenes is 1. The maximum absolute atomic E-state index is 11.0. The van der Waals surface area contributed by atoms with Crippen LogP contribution in [0.25, 0.3) is 0 Å². The van der Waals surface area contributed by atoms with Crippen molar-refractivity contribution in [2.24, 2.45) is 0 Å². The van der Waals surface area contributed by atoms with E-state index in [2.05, 4.69) is 5.92 Å². The summed E-state index contributed by atoms with van der Waals surface area (Å²) in [4.78, 5) is -0.120. The standard InChI is InChI=1S/C10H10O3S/c1-3-8(2)9-6-4-5-7-10(9)14(11,12)13/h1,4-8H,2H3,(H,11,12,13). The van der Waals surface area contributed by atoms with Gasteiger partial charge in [-0.05, 0) is 18.6 Å². The topological polar surface area (TPSA) is 54.4 Å². The molecule has 0 aliphatic carbocycles. The average molecular weight is 210 g/mol. The van der Waals surface area contributed by atoms with Crippen molar-refractivity contribution in [3.8, 4) is 12.3 Å². The van der Waals surface area contributed by atoms with E-state index in [4.69, 9.17) is 11.0 Å². The molecule has 74 valence electrons. The summed E-state index contributed by atoms with van der Waals surface area (Å²) in [6.45, 7) is 1.70. The largest absolute Gasteiger partial charge is 0.294 e. The maximum atomic E-state index is 11.0. The summed E-state index contributed by atoms with van der Waals surface area (Å²) in [5.41, 5.74) is 0.442. The Hall–Kier alpha value is -1.31. The van der Waals surface area contributed by atoms with Gasteiger partial charge >= 0.3 is 0 Å². The van der Waals surface area contributed by atoms with Gasteiger partial charge in [-0.25, -0.2) is 0 Å². The Labute approximate surface area is 83.5 Å². The molecule has 1 N–H and O–H groups in total. The lowest BCUT2D eigenvalue weighted by atomic mass is 10.0. The Morgan fingerprint density at radius 3 is 2.50 bits per heavy atom. The van der Waals surface area contributed by atoms with E-state index in [9.17, 15) is 8.42 Å². The second-order valence-electron chi connectivity index (χ2n) is 2.90. The van der Waals surface area contributed by atoms with Gasteiger partial charge in [-0.1, -0.05) is 24.1 Å². The van der Waals surface area contributed by atoms with Crippen LogP contribution < -0.4 is 0 Å². The summed E-state index contributed by atoms with van der Waals surface area (Å²) >= 11 is 0. The van der Waals surface area contributed by atoms with Crippen LogP contribution in [0.2, 0.25) is 0 Å². The quantitative estimate of drug-likeness (QED) is 0.596. The van der Waals surface area contributed by atoms with Gasteiger partial charge in [-0.15, -0.1) is 6.42 Å². The van der Waals surface area contributed by atoms with Crippen LogP contribution in [0.15, 0.2) is 29.2 Å². The summed E-state index contributed by atoms with van der Waals surface area (Å²) in [6, 6.07) is 6.14. The third kappa shape index (κ3) is 2.13. The van der Waals surface area contributed by atoms with E-state index in [0.717, 1.165) is 0 Å². The van der Waals surface area contributed by atoms with Gasteiger partial charge in [0.2, 0.25) is 0 Å². The molecule has 0 spiro atoms. The van der Waals surface area contributed by atoms with Gasteiger partial charge in [0.15, 0.2) is 0 Å². The Bertz CT molecular complexity index is 468. The minimum absolute atomic E-state index is 0.120. The zero-order chi connectivity index (χ0) is 10.8. The van der Waals surface area contributed by atoms with Gasteiger partial charge < -0.3 is 0 Å². The highest BCUT2D eigenvalue weighted by Crippen LogP contribution is 2.22. The molecule has 0 saturated carbocycles. The van der Waals surface area contributed by atoms with Crippen molar-refractivity contribution >= 4 is 10.1 Å². The average Bonchev–Trinajstić information content (AvgIpc) is 2.15. The van der Waals surface area contributed by atoms with E-state index in [0.29, 0.717) is 5.56 Å². The summed E-state index contributed by atoms with van der Waals surface area (Å²) in [5, 5.41) is 0. The highest BCUT2D eigenvalue weighted by atomic mass is 32.2. The Kier molecular flexibility index (Phi) is 2.94. The number of rotatable bonds is 2. The molecular formula is C10H10O3S. The van der Waals surface area contributed by atoms with Crippen molar-refractivity contribution < 1.29 is 13.0 Å².